The third-order valence-electron chi connectivity index (χ3n) is 5.62. The predicted octanol–water partition coefficient (Wildman–Crippen LogP) is 5.39. The number of aromatic carboxylic acids is 1. The number of hydrogen-bond acceptors (Lipinski definition) is 5. The van der Waals surface area contributed by atoms with Crippen LogP contribution in [0.15, 0.2) is 96.1 Å². The Morgan fingerprint density at radius 1 is 0.886 bits per heavy atom. The normalized spacial score (nSPS) is 13.7. The fourth-order valence-electron chi connectivity index (χ4n) is 3.98. The standard InChI is InChI=1S/C27H18FN3O4/c28-18-8-4-9-19(15-18)31-23-13-2-1-10-21(23)24(26(31)33)30-29-22-12-5-11-20(25(22)32)16-6-3-7-17(14-16)27(34)35/h1-15,29,32H,(H,34,35)/b30-24-. The van der Waals surface area contributed by atoms with Crippen LogP contribution in [-0.2, 0) is 4.79 Å². The first-order chi connectivity index (χ1) is 16.9. The zero-order valence-corrected chi connectivity index (χ0v) is 18.1. The van der Waals surface area contributed by atoms with Crippen molar-refractivity contribution in [3.8, 4) is 16.9 Å². The molecule has 3 N–H and O–H groups in total. The molecule has 1 heterocycles. The number of phenols is 1. The van der Waals surface area contributed by atoms with Gasteiger partial charge < -0.3 is 10.2 Å². The summed E-state index contributed by atoms with van der Waals surface area (Å²) in [5, 5.41) is 24.4. The van der Waals surface area contributed by atoms with E-state index < -0.39 is 17.7 Å². The van der Waals surface area contributed by atoms with Crippen molar-refractivity contribution in [2.24, 2.45) is 5.10 Å². The summed E-state index contributed by atoms with van der Waals surface area (Å²) >= 11 is 0. The maximum absolute atomic E-state index is 13.8. The number of halogens is 1. The summed E-state index contributed by atoms with van der Waals surface area (Å²) in [7, 11) is 0. The van der Waals surface area contributed by atoms with Gasteiger partial charge in [0.1, 0.15) is 11.6 Å². The number of aromatic hydroxyl groups is 1. The summed E-state index contributed by atoms with van der Waals surface area (Å²) in [6, 6.07) is 23.9. The van der Waals surface area contributed by atoms with Crippen LogP contribution in [0.3, 0.4) is 0 Å². The molecule has 35 heavy (non-hydrogen) atoms. The number of carbonyl (C=O) groups excluding carboxylic acids is 1. The molecule has 7 nitrogen and oxygen atoms in total. The molecule has 1 aliphatic heterocycles. The van der Waals surface area contributed by atoms with Gasteiger partial charge in [0.05, 0.1) is 22.6 Å². The molecule has 0 aliphatic carbocycles. The van der Waals surface area contributed by atoms with Crippen LogP contribution < -0.4 is 10.3 Å². The first kappa shape index (κ1) is 21.8. The summed E-state index contributed by atoms with van der Waals surface area (Å²) in [4.78, 5) is 26.0. The van der Waals surface area contributed by atoms with Gasteiger partial charge in [-0.2, -0.15) is 5.10 Å². The van der Waals surface area contributed by atoms with E-state index in [9.17, 15) is 24.2 Å². The number of hydrazone groups is 1. The second-order valence-corrected chi connectivity index (χ2v) is 7.80. The first-order valence-electron chi connectivity index (χ1n) is 10.6. The van der Waals surface area contributed by atoms with Crippen LogP contribution in [0.25, 0.3) is 11.1 Å². The van der Waals surface area contributed by atoms with Crippen LogP contribution >= 0.6 is 0 Å². The molecule has 172 valence electrons. The molecule has 4 aromatic rings. The Morgan fingerprint density at radius 2 is 1.63 bits per heavy atom. The molecule has 5 rings (SSSR count). The van der Waals surface area contributed by atoms with Crippen molar-refractivity contribution in [1.29, 1.82) is 0 Å². The van der Waals surface area contributed by atoms with Gasteiger partial charge in [-0.25, -0.2) is 9.18 Å². The van der Waals surface area contributed by atoms with Crippen LogP contribution in [-0.4, -0.2) is 27.8 Å². The third-order valence-corrected chi connectivity index (χ3v) is 5.62. The number of carbonyl (C=O) groups is 2. The molecule has 0 spiro atoms. The van der Waals surface area contributed by atoms with Gasteiger partial charge >= 0.3 is 5.97 Å². The van der Waals surface area contributed by atoms with Gasteiger partial charge in [-0.3, -0.25) is 15.1 Å². The molecule has 0 unspecified atom stereocenters. The Kier molecular flexibility index (Phi) is 5.46. The van der Waals surface area contributed by atoms with E-state index in [0.29, 0.717) is 28.1 Å². The Hall–Kier alpha value is -4.98. The van der Waals surface area contributed by atoms with E-state index in [0.717, 1.165) is 0 Å². The summed E-state index contributed by atoms with van der Waals surface area (Å²) in [6.45, 7) is 0. The van der Waals surface area contributed by atoms with Crippen molar-refractivity contribution in [2.45, 2.75) is 0 Å². The van der Waals surface area contributed by atoms with Crippen LogP contribution in [0.5, 0.6) is 5.75 Å². The number of nitrogens with zero attached hydrogens (tertiary/aromatic N) is 2. The minimum atomic E-state index is -1.08. The van der Waals surface area contributed by atoms with Crippen LogP contribution in [0, 0.1) is 5.82 Å². The van der Waals surface area contributed by atoms with Crippen LogP contribution in [0.4, 0.5) is 21.5 Å². The fraction of sp³-hybridized carbons (Fsp3) is 0. The summed E-state index contributed by atoms with van der Waals surface area (Å²) in [5.74, 6) is -2.15. The average molecular weight is 467 g/mol. The third kappa shape index (κ3) is 3.97. The molecule has 8 heteroatoms. The lowest BCUT2D eigenvalue weighted by molar-refractivity contribution is -0.111. The Bertz CT molecular complexity index is 1520. The fourth-order valence-corrected chi connectivity index (χ4v) is 3.98. The van der Waals surface area contributed by atoms with Gasteiger partial charge in [0, 0.05) is 11.1 Å². The zero-order chi connectivity index (χ0) is 24.5. The first-order valence-corrected chi connectivity index (χ1v) is 10.6. The number of benzene rings is 4. The molecule has 0 bridgehead atoms. The molecule has 1 aliphatic rings. The van der Waals surface area contributed by atoms with E-state index in [-0.39, 0.29) is 22.7 Å². The van der Waals surface area contributed by atoms with Crippen molar-refractivity contribution in [2.75, 3.05) is 10.3 Å². The summed E-state index contributed by atoms with van der Waals surface area (Å²) in [5.41, 5.74) is 5.57. The Morgan fingerprint density at radius 3 is 2.43 bits per heavy atom. The smallest absolute Gasteiger partial charge is 0.335 e. The van der Waals surface area contributed by atoms with E-state index >= 15 is 0 Å². The highest BCUT2D eigenvalue weighted by molar-refractivity contribution is 6.55. The van der Waals surface area contributed by atoms with Gasteiger partial charge in [-0.1, -0.05) is 48.5 Å². The molecule has 0 saturated carbocycles. The monoisotopic (exact) mass is 467 g/mol. The van der Waals surface area contributed by atoms with Crippen LogP contribution in [0.2, 0.25) is 0 Å². The van der Waals surface area contributed by atoms with E-state index in [1.165, 1.54) is 35.2 Å². The topological polar surface area (TPSA) is 102 Å². The quantitative estimate of drug-likeness (QED) is 0.270. The average Bonchev–Trinajstić information content (AvgIpc) is 3.14. The van der Waals surface area contributed by atoms with Crippen molar-refractivity contribution < 1.29 is 24.2 Å². The molecule has 0 saturated heterocycles. The summed E-state index contributed by atoms with van der Waals surface area (Å²) in [6.07, 6.45) is 0. The van der Waals surface area contributed by atoms with Crippen LogP contribution in [0.1, 0.15) is 15.9 Å². The number of carboxylic acid groups (broad SMARTS) is 1. The Balaban J connectivity index is 1.51. The van der Waals surface area contributed by atoms with Crippen molar-refractivity contribution in [3.63, 3.8) is 0 Å². The second-order valence-electron chi connectivity index (χ2n) is 7.80. The number of nitrogens with one attached hydrogen (secondary N) is 1. The highest BCUT2D eigenvalue weighted by Gasteiger charge is 2.35. The summed E-state index contributed by atoms with van der Waals surface area (Å²) < 4.78 is 13.8. The number of fused-ring (bicyclic) bond motifs is 1. The number of phenolic OH excluding ortho intramolecular Hbond substituents is 1. The van der Waals surface area contributed by atoms with Gasteiger partial charge in [0.25, 0.3) is 5.91 Å². The molecule has 4 aromatic carbocycles. The zero-order valence-electron chi connectivity index (χ0n) is 18.1. The van der Waals surface area contributed by atoms with Gasteiger partial charge in [0.2, 0.25) is 0 Å². The van der Waals surface area contributed by atoms with Crippen molar-refractivity contribution in [3.05, 3.63) is 108 Å². The van der Waals surface area contributed by atoms with Gasteiger partial charge in [-0.05, 0) is 48.0 Å². The Labute approximate surface area is 199 Å². The number of para-hydroxylation sites is 2. The SMILES string of the molecule is O=C(O)c1cccc(-c2cccc(N/N=C3\C(=O)N(c4cccc(F)c4)c4ccccc43)c2O)c1. The molecule has 0 atom stereocenters. The molecule has 0 radical (unpaired) electrons. The van der Waals surface area contributed by atoms with Gasteiger partial charge in [-0.15, -0.1) is 0 Å². The van der Waals surface area contributed by atoms with Crippen molar-refractivity contribution in [1.82, 2.24) is 0 Å². The minimum Gasteiger partial charge on any atom is -0.505 e. The second kappa shape index (κ2) is 8.75. The minimum absolute atomic E-state index is 0.0890. The van der Waals surface area contributed by atoms with E-state index in [2.05, 4.69) is 10.5 Å². The lowest BCUT2D eigenvalue weighted by atomic mass is 10.0. The largest absolute Gasteiger partial charge is 0.505 e. The highest BCUT2D eigenvalue weighted by Crippen LogP contribution is 2.38. The van der Waals surface area contributed by atoms with Gasteiger partial charge in [0.15, 0.2) is 5.71 Å². The number of carboxylic acids is 1. The molecular weight excluding hydrogens is 449 g/mol. The molecule has 0 fully saturated rings. The van der Waals surface area contributed by atoms with E-state index in [1.807, 2.05) is 0 Å². The molecule has 1 amide bonds. The van der Waals surface area contributed by atoms with Crippen molar-refractivity contribution >= 4 is 34.7 Å². The number of hydrogen-bond donors (Lipinski definition) is 3. The maximum Gasteiger partial charge on any atom is 0.335 e. The number of amides is 1. The lowest BCUT2D eigenvalue weighted by Crippen LogP contribution is -2.26. The lowest BCUT2D eigenvalue weighted by Gasteiger charge is -2.16. The highest BCUT2D eigenvalue weighted by atomic mass is 19.1. The van der Waals surface area contributed by atoms with E-state index in [1.54, 1.807) is 60.7 Å². The maximum atomic E-state index is 13.8. The molecular formula is C27H18FN3O4. The number of rotatable bonds is 5. The predicted molar refractivity (Wildman–Crippen MR) is 131 cm³/mol. The number of anilines is 3. The molecule has 0 aromatic heterocycles. The van der Waals surface area contributed by atoms with E-state index in [4.69, 9.17) is 0 Å².